The summed E-state index contributed by atoms with van der Waals surface area (Å²) in [6.07, 6.45) is 0.681. The van der Waals surface area contributed by atoms with E-state index in [2.05, 4.69) is 15.9 Å². The van der Waals surface area contributed by atoms with Gasteiger partial charge >= 0.3 is 0 Å². The van der Waals surface area contributed by atoms with Gasteiger partial charge in [-0.15, -0.1) is 11.3 Å². The molecule has 0 aliphatic carbocycles. The third-order valence-corrected chi connectivity index (χ3v) is 4.66. The zero-order valence-electron chi connectivity index (χ0n) is 11.9. The van der Waals surface area contributed by atoms with Crippen LogP contribution in [0, 0.1) is 0 Å². The van der Waals surface area contributed by atoms with E-state index < -0.39 is 0 Å². The van der Waals surface area contributed by atoms with Gasteiger partial charge in [-0.05, 0) is 47.5 Å². The molecule has 2 N–H and O–H groups in total. The van der Waals surface area contributed by atoms with E-state index in [0.717, 1.165) is 14.2 Å². The van der Waals surface area contributed by atoms with Gasteiger partial charge in [-0.3, -0.25) is 0 Å². The molecule has 1 unspecified atom stereocenters. The van der Waals surface area contributed by atoms with Crippen LogP contribution < -0.4 is 15.2 Å². The van der Waals surface area contributed by atoms with E-state index in [4.69, 9.17) is 26.8 Å². The largest absolute Gasteiger partial charge is 0.493 e. The van der Waals surface area contributed by atoms with Crippen molar-refractivity contribution in [3.8, 4) is 11.5 Å². The highest BCUT2D eigenvalue weighted by atomic mass is 79.9. The average molecular weight is 391 g/mol. The van der Waals surface area contributed by atoms with Crippen molar-refractivity contribution in [1.29, 1.82) is 0 Å². The Balaban J connectivity index is 2.26. The van der Waals surface area contributed by atoms with Crippen LogP contribution in [0.25, 0.3) is 0 Å². The van der Waals surface area contributed by atoms with Crippen LogP contribution in [0.4, 0.5) is 0 Å². The lowest BCUT2D eigenvalue weighted by atomic mass is 10.1. The molecule has 1 aromatic heterocycles. The monoisotopic (exact) mass is 389 g/mol. The summed E-state index contributed by atoms with van der Waals surface area (Å²) < 4.78 is 12.4. The lowest BCUT2D eigenvalue weighted by Crippen LogP contribution is -2.18. The highest BCUT2D eigenvalue weighted by Gasteiger charge is 2.15. The standard InChI is InChI=1S/C15H17BrClNO2S/c1-9(18)5-10-6-11(17)7-13(19-2)15(10)20-8-12-3-4-14(16)21-12/h3-4,6-7,9H,5,8,18H2,1-2H3. The van der Waals surface area contributed by atoms with E-state index in [1.807, 2.05) is 25.1 Å². The number of nitrogens with two attached hydrogens (primary N) is 1. The van der Waals surface area contributed by atoms with E-state index in [-0.39, 0.29) is 6.04 Å². The van der Waals surface area contributed by atoms with Gasteiger partial charge in [0.05, 0.1) is 10.9 Å². The molecule has 1 heterocycles. The molecule has 0 amide bonds. The Bertz CT molecular complexity index is 616. The second kappa shape index (κ2) is 7.49. The highest BCUT2D eigenvalue weighted by Crippen LogP contribution is 2.36. The molecule has 0 radical (unpaired) electrons. The first-order valence-electron chi connectivity index (χ1n) is 6.48. The van der Waals surface area contributed by atoms with Gasteiger partial charge in [0.15, 0.2) is 11.5 Å². The van der Waals surface area contributed by atoms with Gasteiger partial charge in [-0.25, -0.2) is 0 Å². The van der Waals surface area contributed by atoms with Gasteiger partial charge in [-0.1, -0.05) is 11.6 Å². The summed E-state index contributed by atoms with van der Waals surface area (Å²) in [6, 6.07) is 7.69. The number of methoxy groups -OCH3 is 1. The van der Waals surface area contributed by atoms with Gasteiger partial charge in [-0.2, -0.15) is 0 Å². The Morgan fingerprint density at radius 2 is 2.14 bits per heavy atom. The molecule has 1 atom stereocenters. The lowest BCUT2D eigenvalue weighted by molar-refractivity contribution is 0.283. The first kappa shape index (κ1) is 16.6. The highest BCUT2D eigenvalue weighted by molar-refractivity contribution is 9.11. The SMILES string of the molecule is COc1cc(Cl)cc(CC(C)N)c1OCc1ccc(Br)s1. The summed E-state index contributed by atoms with van der Waals surface area (Å²) in [5, 5.41) is 0.619. The molecule has 0 saturated carbocycles. The summed E-state index contributed by atoms with van der Waals surface area (Å²) >= 11 is 11.2. The smallest absolute Gasteiger partial charge is 0.165 e. The Labute approximate surface area is 142 Å². The molecule has 2 rings (SSSR count). The van der Waals surface area contributed by atoms with E-state index in [9.17, 15) is 0 Å². The third kappa shape index (κ3) is 4.61. The zero-order valence-corrected chi connectivity index (χ0v) is 15.0. The summed E-state index contributed by atoms with van der Waals surface area (Å²) in [6.45, 7) is 2.44. The summed E-state index contributed by atoms with van der Waals surface area (Å²) in [4.78, 5) is 1.13. The summed E-state index contributed by atoms with van der Waals surface area (Å²) in [5.41, 5.74) is 6.86. The maximum Gasteiger partial charge on any atom is 0.165 e. The first-order chi connectivity index (χ1) is 9.99. The zero-order chi connectivity index (χ0) is 15.4. The second-order valence-electron chi connectivity index (χ2n) is 4.77. The van der Waals surface area contributed by atoms with Crippen molar-refractivity contribution in [3.63, 3.8) is 0 Å². The van der Waals surface area contributed by atoms with Gasteiger partial charge in [0.25, 0.3) is 0 Å². The van der Waals surface area contributed by atoms with Gasteiger partial charge in [0.2, 0.25) is 0 Å². The van der Waals surface area contributed by atoms with Crippen LogP contribution in [-0.2, 0) is 13.0 Å². The third-order valence-electron chi connectivity index (χ3n) is 2.85. The fourth-order valence-electron chi connectivity index (χ4n) is 2.01. The number of rotatable bonds is 6. The van der Waals surface area contributed by atoms with Crippen molar-refractivity contribution in [2.45, 2.75) is 26.0 Å². The molecular formula is C15H17BrClNO2S. The molecule has 0 spiro atoms. The van der Waals surface area contributed by atoms with Crippen molar-refractivity contribution in [2.24, 2.45) is 5.73 Å². The second-order valence-corrected chi connectivity index (χ2v) is 7.76. The molecule has 114 valence electrons. The van der Waals surface area contributed by atoms with E-state index in [1.165, 1.54) is 0 Å². The minimum absolute atomic E-state index is 0.0198. The summed E-state index contributed by atoms with van der Waals surface area (Å²) in [5.74, 6) is 1.34. The molecule has 6 heteroatoms. The Hall–Kier alpha value is -0.750. The quantitative estimate of drug-likeness (QED) is 0.781. The van der Waals surface area contributed by atoms with Crippen LogP contribution in [0.5, 0.6) is 11.5 Å². The molecule has 3 nitrogen and oxygen atoms in total. The van der Waals surface area contributed by atoms with E-state index in [0.29, 0.717) is 29.5 Å². The van der Waals surface area contributed by atoms with Gasteiger partial charge < -0.3 is 15.2 Å². The van der Waals surface area contributed by atoms with Gasteiger partial charge in [0, 0.05) is 27.6 Å². The van der Waals surface area contributed by atoms with Gasteiger partial charge in [0.1, 0.15) is 6.61 Å². The van der Waals surface area contributed by atoms with Crippen LogP contribution >= 0.6 is 38.9 Å². The fraction of sp³-hybridized carbons (Fsp3) is 0.333. The van der Waals surface area contributed by atoms with Crippen molar-refractivity contribution >= 4 is 38.9 Å². The minimum Gasteiger partial charge on any atom is -0.493 e. The molecule has 0 aliphatic rings. The Kier molecular flexibility index (Phi) is 5.93. The van der Waals surface area contributed by atoms with E-state index >= 15 is 0 Å². The Morgan fingerprint density at radius 1 is 1.38 bits per heavy atom. The molecule has 0 aliphatic heterocycles. The number of hydrogen-bond acceptors (Lipinski definition) is 4. The topological polar surface area (TPSA) is 44.5 Å². The number of ether oxygens (including phenoxy) is 2. The predicted octanol–water partition coefficient (Wildman–Crippen LogP) is 4.64. The number of hydrogen-bond donors (Lipinski definition) is 1. The maximum absolute atomic E-state index is 6.12. The molecule has 0 saturated heterocycles. The van der Waals surface area contributed by atoms with Crippen molar-refractivity contribution in [2.75, 3.05) is 7.11 Å². The molecule has 21 heavy (non-hydrogen) atoms. The number of halogens is 2. The normalized spacial score (nSPS) is 12.2. The van der Waals surface area contributed by atoms with Crippen LogP contribution in [0.15, 0.2) is 28.1 Å². The van der Waals surface area contributed by atoms with Crippen molar-refractivity contribution in [3.05, 3.63) is 43.5 Å². The van der Waals surface area contributed by atoms with Crippen molar-refractivity contribution < 1.29 is 9.47 Å². The maximum atomic E-state index is 6.12. The number of benzene rings is 1. The van der Waals surface area contributed by atoms with Crippen molar-refractivity contribution in [1.82, 2.24) is 0 Å². The fourth-order valence-corrected chi connectivity index (χ4v) is 3.64. The number of thiophene rings is 1. The van der Waals surface area contributed by atoms with Crippen LogP contribution in [0.1, 0.15) is 17.4 Å². The van der Waals surface area contributed by atoms with Crippen LogP contribution in [0.3, 0.4) is 0 Å². The molecule has 0 fully saturated rings. The summed E-state index contributed by atoms with van der Waals surface area (Å²) in [7, 11) is 1.61. The predicted molar refractivity (Wildman–Crippen MR) is 91.7 cm³/mol. The molecule has 2 aromatic rings. The average Bonchev–Trinajstić information content (AvgIpc) is 2.82. The van der Waals surface area contributed by atoms with E-state index in [1.54, 1.807) is 24.5 Å². The molecule has 0 bridgehead atoms. The lowest BCUT2D eigenvalue weighted by Gasteiger charge is -2.16. The molecule has 1 aromatic carbocycles. The first-order valence-corrected chi connectivity index (χ1v) is 8.47. The van der Waals surface area contributed by atoms with Crippen LogP contribution in [0.2, 0.25) is 5.02 Å². The minimum atomic E-state index is 0.0198. The van der Waals surface area contributed by atoms with Crippen LogP contribution in [-0.4, -0.2) is 13.2 Å². The molecular weight excluding hydrogens is 374 g/mol. The Morgan fingerprint density at radius 3 is 2.71 bits per heavy atom.